The Kier molecular flexibility index (Phi) is 7.81. The number of fused-ring (bicyclic) bond motifs is 1. The van der Waals surface area contributed by atoms with Gasteiger partial charge in [0.15, 0.2) is 17.2 Å². The summed E-state index contributed by atoms with van der Waals surface area (Å²) in [7, 11) is 0. The maximum atomic E-state index is 12.5. The third kappa shape index (κ3) is 6.67. The predicted molar refractivity (Wildman–Crippen MR) is 119 cm³/mol. The van der Waals surface area contributed by atoms with E-state index in [2.05, 4.69) is 20.1 Å². The zero-order chi connectivity index (χ0) is 23.2. The van der Waals surface area contributed by atoms with Crippen LogP contribution in [0.5, 0.6) is 11.5 Å². The van der Waals surface area contributed by atoms with E-state index in [4.69, 9.17) is 18.6 Å². The average molecular weight is 461 g/mol. The molecular weight excluding hydrogens is 428 g/mol. The quantitative estimate of drug-likeness (QED) is 0.541. The summed E-state index contributed by atoms with van der Waals surface area (Å²) in [4.78, 5) is 21.3. The molecule has 0 saturated carbocycles. The van der Waals surface area contributed by atoms with E-state index in [-0.39, 0.29) is 24.5 Å². The summed E-state index contributed by atoms with van der Waals surface area (Å²) in [5.41, 5.74) is 1.17. The van der Waals surface area contributed by atoms with Crippen molar-refractivity contribution in [2.45, 2.75) is 39.1 Å². The Labute approximate surface area is 193 Å². The van der Waals surface area contributed by atoms with Gasteiger partial charge in [-0.05, 0) is 31.5 Å². The third-order valence-electron chi connectivity index (χ3n) is 5.59. The van der Waals surface area contributed by atoms with Crippen LogP contribution in [0, 0.1) is 0 Å². The van der Waals surface area contributed by atoms with Crippen LogP contribution in [0.25, 0.3) is 0 Å². The van der Waals surface area contributed by atoms with Gasteiger partial charge in [0.05, 0.1) is 25.4 Å². The monoisotopic (exact) mass is 460 g/mol. The van der Waals surface area contributed by atoms with E-state index < -0.39 is 6.10 Å². The van der Waals surface area contributed by atoms with Gasteiger partial charge in [-0.15, -0.1) is 0 Å². The lowest BCUT2D eigenvalue weighted by atomic mass is 10.2. The number of β-amino-alcohol motifs (C(OH)–C–C–N with tert-alkyl or cyclic N) is 1. The van der Waals surface area contributed by atoms with Crippen molar-refractivity contribution in [2.24, 2.45) is 0 Å². The van der Waals surface area contributed by atoms with Crippen molar-refractivity contribution in [1.82, 2.24) is 20.1 Å². The molecule has 2 N–H and O–H groups in total. The van der Waals surface area contributed by atoms with Gasteiger partial charge < -0.3 is 29.1 Å². The van der Waals surface area contributed by atoms with Crippen molar-refractivity contribution >= 4 is 5.91 Å². The fourth-order valence-electron chi connectivity index (χ4n) is 3.79. The molecule has 0 unspecified atom stereocenters. The van der Waals surface area contributed by atoms with E-state index in [9.17, 15) is 9.90 Å². The molecule has 2 aromatic rings. The number of benzene rings is 1. The molecule has 1 aromatic carbocycles. The third-order valence-corrected chi connectivity index (χ3v) is 5.59. The summed E-state index contributed by atoms with van der Waals surface area (Å²) in [5.74, 6) is 1.62. The average Bonchev–Trinajstić information content (AvgIpc) is 3.46. The molecule has 1 atom stereocenters. The molecule has 3 heterocycles. The number of nitrogens with zero attached hydrogens (tertiary/aromatic N) is 3. The number of aliphatic hydroxyl groups excluding tert-OH is 1. The highest BCUT2D eigenvalue weighted by atomic mass is 16.7. The van der Waals surface area contributed by atoms with E-state index in [1.54, 1.807) is 0 Å². The van der Waals surface area contributed by atoms with Gasteiger partial charge >= 0.3 is 0 Å². The molecule has 1 aromatic heterocycles. The molecule has 0 radical (unpaired) electrons. The lowest BCUT2D eigenvalue weighted by Crippen LogP contribution is -2.48. The van der Waals surface area contributed by atoms with Crippen molar-refractivity contribution in [2.75, 3.05) is 46.1 Å². The van der Waals surface area contributed by atoms with Gasteiger partial charge in [-0.1, -0.05) is 6.07 Å². The first-order chi connectivity index (χ1) is 16.0. The summed E-state index contributed by atoms with van der Waals surface area (Å²) >= 11 is 0. The molecule has 0 aliphatic carbocycles. The van der Waals surface area contributed by atoms with Crippen LogP contribution >= 0.6 is 0 Å². The van der Waals surface area contributed by atoms with Gasteiger partial charge in [0.2, 0.25) is 12.7 Å². The predicted octanol–water partition coefficient (Wildman–Crippen LogP) is 1.24. The van der Waals surface area contributed by atoms with Gasteiger partial charge in [0, 0.05) is 39.3 Å². The van der Waals surface area contributed by atoms with Gasteiger partial charge in [-0.3, -0.25) is 14.6 Å². The van der Waals surface area contributed by atoms with Crippen LogP contribution in [0.4, 0.5) is 0 Å². The van der Waals surface area contributed by atoms with E-state index >= 15 is 0 Å². The van der Waals surface area contributed by atoms with Crippen LogP contribution in [0.2, 0.25) is 0 Å². The second-order valence-corrected chi connectivity index (χ2v) is 8.61. The molecule has 1 amide bonds. The van der Waals surface area contributed by atoms with E-state index in [1.165, 1.54) is 6.26 Å². The van der Waals surface area contributed by atoms with Crippen LogP contribution in [-0.2, 0) is 17.8 Å². The van der Waals surface area contributed by atoms with Crippen molar-refractivity contribution in [3.63, 3.8) is 0 Å². The fraction of sp³-hybridized carbons (Fsp3) is 0.565. The molecule has 0 spiro atoms. The van der Waals surface area contributed by atoms with Crippen LogP contribution in [0.15, 0.2) is 28.9 Å². The fourth-order valence-corrected chi connectivity index (χ4v) is 3.79. The number of carbonyl (C=O) groups excluding carboxylic acids is 1. The van der Waals surface area contributed by atoms with E-state index in [0.717, 1.165) is 31.7 Å². The Morgan fingerprint density at radius 3 is 2.73 bits per heavy atom. The minimum Gasteiger partial charge on any atom is -0.454 e. The number of oxazole rings is 1. The summed E-state index contributed by atoms with van der Waals surface area (Å²) in [5, 5.41) is 13.0. The standard InChI is InChI=1S/C23H32N4O6/c1-16(2)30-13-18(28)11-26-5-7-27(8-6-26)12-22-25-19(14-31-22)23(29)24-10-17-3-4-20-21(9-17)33-15-32-20/h3-4,9,14,16,18,28H,5-8,10-13,15H2,1-2H3,(H,24,29)/t18-/m1/s1. The highest BCUT2D eigenvalue weighted by molar-refractivity contribution is 5.91. The number of hydrogen-bond acceptors (Lipinski definition) is 9. The summed E-state index contributed by atoms with van der Waals surface area (Å²) in [6.07, 6.45) is 1.03. The number of piperazine rings is 1. The van der Waals surface area contributed by atoms with Crippen molar-refractivity contribution in [3.05, 3.63) is 41.6 Å². The first-order valence-corrected chi connectivity index (χ1v) is 11.3. The molecule has 10 heteroatoms. The highest BCUT2D eigenvalue weighted by Gasteiger charge is 2.22. The van der Waals surface area contributed by atoms with Crippen molar-refractivity contribution in [3.8, 4) is 11.5 Å². The van der Waals surface area contributed by atoms with Gasteiger partial charge in [0.1, 0.15) is 6.26 Å². The lowest BCUT2D eigenvalue weighted by molar-refractivity contribution is -0.0151. The number of nitrogens with one attached hydrogen (secondary N) is 1. The molecule has 0 bridgehead atoms. The first kappa shape index (κ1) is 23.5. The molecular formula is C23H32N4O6. The number of carbonyl (C=O) groups is 1. The molecule has 1 fully saturated rings. The second kappa shape index (κ2) is 11.0. The Balaban J connectivity index is 1.18. The summed E-state index contributed by atoms with van der Waals surface area (Å²) in [6, 6.07) is 5.57. The van der Waals surface area contributed by atoms with Crippen molar-refractivity contribution in [1.29, 1.82) is 0 Å². The lowest BCUT2D eigenvalue weighted by Gasteiger charge is -2.35. The topological polar surface area (TPSA) is 110 Å². The van der Waals surface area contributed by atoms with E-state index in [1.807, 2.05) is 32.0 Å². The normalized spacial score (nSPS) is 17.5. The minimum atomic E-state index is -0.482. The van der Waals surface area contributed by atoms with Crippen LogP contribution < -0.4 is 14.8 Å². The maximum Gasteiger partial charge on any atom is 0.273 e. The second-order valence-electron chi connectivity index (χ2n) is 8.61. The smallest absolute Gasteiger partial charge is 0.273 e. The number of aromatic nitrogens is 1. The molecule has 10 nitrogen and oxygen atoms in total. The zero-order valence-electron chi connectivity index (χ0n) is 19.2. The summed E-state index contributed by atoms with van der Waals surface area (Å²) in [6.45, 7) is 9.38. The minimum absolute atomic E-state index is 0.118. The van der Waals surface area contributed by atoms with Crippen LogP contribution in [-0.4, -0.2) is 84.1 Å². The molecule has 180 valence electrons. The Morgan fingerprint density at radius 2 is 1.94 bits per heavy atom. The SMILES string of the molecule is CC(C)OC[C@H](O)CN1CCN(Cc2nc(C(=O)NCc3ccc4c(c3)OCO4)co2)CC1. The largest absolute Gasteiger partial charge is 0.454 e. The molecule has 2 aliphatic rings. The van der Waals surface area contributed by atoms with Crippen LogP contribution in [0.3, 0.4) is 0 Å². The number of amides is 1. The van der Waals surface area contributed by atoms with Gasteiger partial charge in [-0.25, -0.2) is 4.98 Å². The van der Waals surface area contributed by atoms with Gasteiger partial charge in [0.25, 0.3) is 5.91 Å². The van der Waals surface area contributed by atoms with Crippen molar-refractivity contribution < 1.29 is 28.5 Å². The molecule has 4 rings (SSSR count). The summed E-state index contributed by atoms with van der Waals surface area (Å²) < 4.78 is 21.7. The zero-order valence-corrected chi connectivity index (χ0v) is 19.2. The molecule has 1 saturated heterocycles. The molecule has 2 aliphatic heterocycles. The maximum absolute atomic E-state index is 12.5. The Morgan fingerprint density at radius 1 is 1.18 bits per heavy atom. The number of hydrogen-bond donors (Lipinski definition) is 2. The molecule has 33 heavy (non-hydrogen) atoms. The number of aliphatic hydroxyl groups is 1. The number of ether oxygens (including phenoxy) is 3. The Bertz CT molecular complexity index is 925. The number of rotatable bonds is 10. The van der Waals surface area contributed by atoms with Crippen LogP contribution in [0.1, 0.15) is 35.8 Å². The Hall–Kier alpha value is -2.66. The highest BCUT2D eigenvalue weighted by Crippen LogP contribution is 2.32. The first-order valence-electron chi connectivity index (χ1n) is 11.3. The van der Waals surface area contributed by atoms with E-state index in [0.29, 0.717) is 43.6 Å². The van der Waals surface area contributed by atoms with Gasteiger partial charge in [-0.2, -0.15) is 0 Å².